The predicted octanol–water partition coefficient (Wildman–Crippen LogP) is 1.60. The van der Waals surface area contributed by atoms with Gasteiger partial charge in [-0.3, -0.25) is 10.2 Å². The number of carbonyl (C=O) groups is 2. The van der Waals surface area contributed by atoms with E-state index in [1.165, 1.54) is 20.3 Å². The molecule has 0 aliphatic carbocycles. The predicted molar refractivity (Wildman–Crippen MR) is 87.4 cm³/mol. The van der Waals surface area contributed by atoms with Crippen LogP contribution in [0.4, 0.5) is 0 Å². The summed E-state index contributed by atoms with van der Waals surface area (Å²) < 4.78 is 10.5. The van der Waals surface area contributed by atoms with Crippen molar-refractivity contribution in [3.05, 3.63) is 58.7 Å². The van der Waals surface area contributed by atoms with Crippen molar-refractivity contribution in [3.8, 4) is 11.5 Å². The zero-order valence-electron chi connectivity index (χ0n) is 13.3. The van der Waals surface area contributed by atoms with Gasteiger partial charge in [-0.15, -0.1) is 0 Å². The molecule has 0 unspecified atom stereocenters. The minimum atomic E-state index is -1.03. The zero-order valence-corrected chi connectivity index (χ0v) is 13.3. The van der Waals surface area contributed by atoms with Gasteiger partial charge >= 0.3 is 5.97 Å². The van der Waals surface area contributed by atoms with Crippen LogP contribution in [0, 0.1) is 0 Å². The summed E-state index contributed by atoms with van der Waals surface area (Å²) in [6, 6.07) is 9.95. The number of hydrazine groups is 1. The Morgan fingerprint density at radius 1 is 1.08 bits per heavy atom. The summed E-state index contributed by atoms with van der Waals surface area (Å²) in [5.41, 5.74) is 3.61. The second kappa shape index (κ2) is 7.47. The Morgan fingerprint density at radius 3 is 2.38 bits per heavy atom. The fourth-order valence-electron chi connectivity index (χ4n) is 2.52. The average molecular weight is 330 g/mol. The lowest BCUT2D eigenvalue weighted by molar-refractivity contribution is 0.0695. The number of carboxylic acids is 1. The fourth-order valence-corrected chi connectivity index (χ4v) is 2.52. The van der Waals surface area contributed by atoms with Crippen molar-refractivity contribution in [1.29, 1.82) is 0 Å². The summed E-state index contributed by atoms with van der Waals surface area (Å²) >= 11 is 0. The highest BCUT2D eigenvalue weighted by atomic mass is 16.5. The number of amides is 1. The monoisotopic (exact) mass is 330 g/mol. The second-order valence-electron chi connectivity index (χ2n) is 4.95. The van der Waals surface area contributed by atoms with Gasteiger partial charge in [-0.25, -0.2) is 10.6 Å². The third kappa shape index (κ3) is 3.31. The molecule has 2 aromatic rings. The van der Waals surface area contributed by atoms with Crippen LogP contribution in [-0.4, -0.2) is 31.2 Å². The molecule has 0 heterocycles. The number of benzene rings is 2. The second-order valence-corrected chi connectivity index (χ2v) is 4.95. The molecular weight excluding hydrogens is 312 g/mol. The number of carbonyl (C=O) groups excluding carboxylic acids is 1. The Labute approximate surface area is 139 Å². The van der Waals surface area contributed by atoms with Crippen molar-refractivity contribution in [3.63, 3.8) is 0 Å². The van der Waals surface area contributed by atoms with Crippen LogP contribution in [0.25, 0.3) is 0 Å². The third-order valence-electron chi connectivity index (χ3n) is 3.62. The molecule has 2 aromatic carbocycles. The first kappa shape index (κ1) is 17.3. The minimum absolute atomic E-state index is 0.173. The summed E-state index contributed by atoms with van der Waals surface area (Å²) in [6.07, 6.45) is 0.228. The van der Waals surface area contributed by atoms with E-state index in [4.69, 9.17) is 15.3 Å². The quantitative estimate of drug-likeness (QED) is 0.421. The Kier molecular flexibility index (Phi) is 5.39. The summed E-state index contributed by atoms with van der Waals surface area (Å²) in [6.45, 7) is 0. The molecular formula is C17H18N2O5. The summed E-state index contributed by atoms with van der Waals surface area (Å²) in [7, 11) is 2.88. The zero-order chi connectivity index (χ0) is 17.7. The van der Waals surface area contributed by atoms with Crippen LogP contribution in [0.2, 0.25) is 0 Å². The molecule has 0 fully saturated rings. The molecule has 7 heteroatoms. The van der Waals surface area contributed by atoms with Crippen LogP contribution < -0.4 is 20.7 Å². The van der Waals surface area contributed by atoms with Crippen molar-refractivity contribution >= 4 is 11.9 Å². The molecule has 126 valence electrons. The highest BCUT2D eigenvalue weighted by Crippen LogP contribution is 2.34. The number of nitrogens with two attached hydrogens (primary N) is 1. The van der Waals surface area contributed by atoms with E-state index in [9.17, 15) is 14.7 Å². The number of ether oxygens (including phenoxy) is 2. The van der Waals surface area contributed by atoms with Gasteiger partial charge in [0.25, 0.3) is 5.91 Å². The lowest BCUT2D eigenvalue weighted by Gasteiger charge is -2.16. The van der Waals surface area contributed by atoms with Gasteiger partial charge in [0.05, 0.1) is 25.3 Å². The minimum Gasteiger partial charge on any atom is -0.493 e. The van der Waals surface area contributed by atoms with Crippen LogP contribution in [0.3, 0.4) is 0 Å². The summed E-state index contributed by atoms with van der Waals surface area (Å²) in [4.78, 5) is 23.6. The largest absolute Gasteiger partial charge is 0.493 e. The van der Waals surface area contributed by atoms with E-state index >= 15 is 0 Å². The van der Waals surface area contributed by atoms with Crippen molar-refractivity contribution < 1.29 is 24.2 Å². The lowest BCUT2D eigenvalue weighted by Crippen LogP contribution is -2.31. The maximum Gasteiger partial charge on any atom is 0.335 e. The molecule has 0 aliphatic heterocycles. The van der Waals surface area contributed by atoms with Crippen LogP contribution >= 0.6 is 0 Å². The highest BCUT2D eigenvalue weighted by molar-refractivity contribution is 5.99. The summed E-state index contributed by atoms with van der Waals surface area (Å²) in [5, 5.41) is 9.31. The van der Waals surface area contributed by atoms with E-state index in [0.29, 0.717) is 16.9 Å². The molecule has 0 saturated carbocycles. The number of rotatable bonds is 6. The fraction of sp³-hybridized carbons (Fsp3) is 0.176. The van der Waals surface area contributed by atoms with Crippen molar-refractivity contribution in [2.45, 2.75) is 6.42 Å². The number of nitrogen functional groups attached to an aromatic ring is 1. The van der Waals surface area contributed by atoms with Crippen molar-refractivity contribution in [1.82, 2.24) is 5.43 Å². The number of aromatic carboxylic acids is 1. The average Bonchev–Trinajstić information content (AvgIpc) is 2.60. The van der Waals surface area contributed by atoms with E-state index in [1.807, 2.05) is 0 Å². The van der Waals surface area contributed by atoms with Gasteiger partial charge in [-0.05, 0) is 29.7 Å². The smallest absolute Gasteiger partial charge is 0.335 e. The first-order valence-electron chi connectivity index (χ1n) is 7.09. The molecule has 0 atom stereocenters. The van der Waals surface area contributed by atoms with Gasteiger partial charge in [-0.1, -0.05) is 24.3 Å². The molecule has 1 amide bonds. The molecule has 0 radical (unpaired) electrons. The third-order valence-corrected chi connectivity index (χ3v) is 3.62. The lowest BCUT2D eigenvalue weighted by atomic mass is 9.95. The molecule has 0 aromatic heterocycles. The molecule has 24 heavy (non-hydrogen) atoms. The molecule has 2 rings (SSSR count). The van der Waals surface area contributed by atoms with Crippen molar-refractivity contribution in [2.75, 3.05) is 14.2 Å². The topological polar surface area (TPSA) is 111 Å². The number of hydrogen-bond acceptors (Lipinski definition) is 5. The Bertz CT molecular complexity index is 774. The first-order chi connectivity index (χ1) is 11.5. The van der Waals surface area contributed by atoms with Crippen LogP contribution in [-0.2, 0) is 6.42 Å². The van der Waals surface area contributed by atoms with Gasteiger partial charge in [0.1, 0.15) is 0 Å². The van der Waals surface area contributed by atoms with Crippen molar-refractivity contribution in [2.24, 2.45) is 5.84 Å². The standard InChI is InChI=1S/C17H18N2O5/c1-23-13-8-7-11(14(15(13)24-2)16(20)19-18)9-10-5-3-4-6-12(10)17(21)22/h3-8H,9,18H2,1-2H3,(H,19,20)(H,21,22). The van der Waals surface area contributed by atoms with E-state index in [1.54, 1.807) is 30.3 Å². The number of methoxy groups -OCH3 is 2. The number of carboxylic acid groups (broad SMARTS) is 1. The van der Waals surface area contributed by atoms with Gasteiger partial charge in [0, 0.05) is 0 Å². The van der Waals surface area contributed by atoms with E-state index < -0.39 is 11.9 Å². The first-order valence-corrected chi connectivity index (χ1v) is 7.09. The van der Waals surface area contributed by atoms with Gasteiger partial charge in [0.2, 0.25) is 0 Å². The number of hydrogen-bond donors (Lipinski definition) is 3. The number of nitrogens with one attached hydrogen (secondary N) is 1. The Balaban J connectivity index is 2.59. The molecule has 7 nitrogen and oxygen atoms in total. The molecule has 0 spiro atoms. The van der Waals surface area contributed by atoms with Gasteiger partial charge < -0.3 is 14.6 Å². The van der Waals surface area contributed by atoms with Gasteiger partial charge in [0.15, 0.2) is 11.5 Å². The molecule has 0 aliphatic rings. The normalized spacial score (nSPS) is 10.1. The SMILES string of the molecule is COc1ccc(Cc2ccccc2C(=O)O)c(C(=O)NN)c1OC. The van der Waals surface area contributed by atoms with E-state index in [-0.39, 0.29) is 23.3 Å². The molecule has 0 bridgehead atoms. The molecule has 4 N–H and O–H groups in total. The Hall–Kier alpha value is -3.06. The van der Waals surface area contributed by atoms with Gasteiger partial charge in [-0.2, -0.15) is 0 Å². The van der Waals surface area contributed by atoms with E-state index in [0.717, 1.165) is 0 Å². The van der Waals surface area contributed by atoms with Crippen LogP contribution in [0.5, 0.6) is 11.5 Å². The Morgan fingerprint density at radius 2 is 1.79 bits per heavy atom. The highest BCUT2D eigenvalue weighted by Gasteiger charge is 2.22. The summed E-state index contributed by atoms with van der Waals surface area (Å²) in [5.74, 6) is 4.31. The molecule has 0 saturated heterocycles. The van der Waals surface area contributed by atoms with Crippen LogP contribution in [0.1, 0.15) is 31.8 Å². The van der Waals surface area contributed by atoms with Crippen LogP contribution in [0.15, 0.2) is 36.4 Å². The van der Waals surface area contributed by atoms with E-state index in [2.05, 4.69) is 5.43 Å². The maximum absolute atomic E-state index is 12.2. The maximum atomic E-state index is 12.2.